The van der Waals surface area contributed by atoms with E-state index in [1.54, 1.807) is 0 Å². The number of benzene rings is 5. The first-order valence-electron chi connectivity index (χ1n) is 22.3. The first-order chi connectivity index (χ1) is 27.0. The normalized spacial score (nSPS) is 25.2. The van der Waals surface area contributed by atoms with E-state index in [0.29, 0.717) is 11.8 Å². The Labute approximate surface area is 342 Å². The van der Waals surface area contributed by atoms with Crippen molar-refractivity contribution in [2.24, 2.45) is 33.5 Å². The number of unbranched alkanes of at least 4 members (excludes halogenated alkanes) is 1. The Morgan fingerprint density at radius 3 is 1.21 bits per heavy atom. The fourth-order valence-corrected chi connectivity index (χ4v) is 14.6. The van der Waals surface area contributed by atoms with Crippen LogP contribution in [0.25, 0.3) is 0 Å². The Kier molecular flexibility index (Phi) is 12.3. The molecule has 0 heterocycles. The molecule has 296 valence electrons. The molecule has 0 spiro atoms. The van der Waals surface area contributed by atoms with E-state index in [1.807, 2.05) is 0 Å². The maximum absolute atomic E-state index is 2.67. The Balaban J connectivity index is 2.17. The standard InChI is InChI=1S/C56H72/c1-11-15-42-52(14-4)50(45-31-21-16-22-32-45)54(43(5)6,51(8,9)10)56(48-37-27-19-28-38-48,49-39-29-20-30-40-49)53(41-12-2,44(7)13-3)55(52,46-33-23-17-24-34-46)47-35-25-18-26-36-47/h16-40,43-44,50H,11-15,41-42H2,1-10H3. The summed E-state index contributed by atoms with van der Waals surface area (Å²) in [5.74, 6) is 0.834. The summed E-state index contributed by atoms with van der Waals surface area (Å²) < 4.78 is 0. The third-order valence-electron chi connectivity index (χ3n) is 15.5. The van der Waals surface area contributed by atoms with Crippen molar-refractivity contribution in [3.63, 3.8) is 0 Å². The van der Waals surface area contributed by atoms with Crippen molar-refractivity contribution in [3.05, 3.63) is 179 Å². The zero-order valence-corrected chi connectivity index (χ0v) is 36.6. The van der Waals surface area contributed by atoms with E-state index in [9.17, 15) is 0 Å². The van der Waals surface area contributed by atoms with E-state index < -0.39 is 10.8 Å². The van der Waals surface area contributed by atoms with E-state index in [1.165, 1.54) is 40.7 Å². The molecule has 0 aliphatic heterocycles. The zero-order valence-electron chi connectivity index (χ0n) is 36.6. The predicted octanol–water partition coefficient (Wildman–Crippen LogP) is 15.9. The van der Waals surface area contributed by atoms with Crippen LogP contribution in [0.3, 0.4) is 0 Å². The van der Waals surface area contributed by atoms with E-state index >= 15 is 0 Å². The van der Waals surface area contributed by atoms with Gasteiger partial charge in [0.15, 0.2) is 0 Å². The monoisotopic (exact) mass is 745 g/mol. The second-order valence-electron chi connectivity index (χ2n) is 18.7. The smallest absolute Gasteiger partial charge is 0.0343 e. The van der Waals surface area contributed by atoms with Crippen molar-refractivity contribution in [2.45, 2.75) is 131 Å². The minimum absolute atomic E-state index is 0.147. The van der Waals surface area contributed by atoms with Gasteiger partial charge in [0.05, 0.1) is 0 Å². The highest BCUT2D eigenvalue weighted by molar-refractivity contribution is 5.61. The Morgan fingerprint density at radius 2 is 0.893 bits per heavy atom. The Bertz CT molecular complexity index is 1860. The highest BCUT2D eigenvalue weighted by Gasteiger charge is 2.85. The maximum atomic E-state index is 2.67. The van der Waals surface area contributed by atoms with Crippen LogP contribution < -0.4 is 0 Å². The molecule has 5 aromatic rings. The summed E-state index contributed by atoms with van der Waals surface area (Å²) in [5.41, 5.74) is 5.63. The van der Waals surface area contributed by atoms with Crippen LogP contribution in [0.15, 0.2) is 152 Å². The summed E-state index contributed by atoms with van der Waals surface area (Å²) in [6.07, 6.45) is 7.84. The lowest BCUT2D eigenvalue weighted by molar-refractivity contribution is -0.260. The molecule has 6 rings (SSSR count). The third kappa shape index (κ3) is 5.58. The molecule has 5 aromatic carbocycles. The molecule has 0 bridgehead atoms. The van der Waals surface area contributed by atoms with Crippen LogP contribution in [0.5, 0.6) is 0 Å². The van der Waals surface area contributed by atoms with Gasteiger partial charge in [0.1, 0.15) is 0 Å². The van der Waals surface area contributed by atoms with Gasteiger partial charge >= 0.3 is 0 Å². The van der Waals surface area contributed by atoms with Crippen molar-refractivity contribution in [3.8, 4) is 0 Å². The number of hydrogen-bond acceptors (Lipinski definition) is 0. The lowest BCUT2D eigenvalue weighted by Crippen LogP contribution is -2.82. The molecule has 0 aromatic heterocycles. The van der Waals surface area contributed by atoms with Crippen LogP contribution in [0.4, 0.5) is 0 Å². The maximum Gasteiger partial charge on any atom is 0.0343 e. The Hall–Kier alpha value is -3.90. The first-order valence-corrected chi connectivity index (χ1v) is 22.3. The van der Waals surface area contributed by atoms with Gasteiger partial charge in [-0.1, -0.05) is 247 Å². The molecule has 0 nitrogen and oxygen atoms in total. The average molecular weight is 745 g/mol. The van der Waals surface area contributed by atoms with E-state index in [-0.39, 0.29) is 27.6 Å². The minimum Gasteiger partial charge on any atom is -0.0654 e. The summed E-state index contributed by atoms with van der Waals surface area (Å²) in [6, 6.07) is 60.2. The van der Waals surface area contributed by atoms with E-state index in [0.717, 1.165) is 32.1 Å². The van der Waals surface area contributed by atoms with E-state index in [4.69, 9.17) is 0 Å². The molecule has 5 atom stereocenters. The molecule has 1 fully saturated rings. The molecule has 0 N–H and O–H groups in total. The zero-order chi connectivity index (χ0) is 40.2. The van der Waals surface area contributed by atoms with Gasteiger partial charge in [0, 0.05) is 16.2 Å². The van der Waals surface area contributed by atoms with Gasteiger partial charge in [0.25, 0.3) is 0 Å². The molecule has 0 amide bonds. The molecule has 1 aliphatic rings. The molecule has 0 saturated heterocycles. The Morgan fingerprint density at radius 1 is 0.500 bits per heavy atom. The summed E-state index contributed by atoms with van der Waals surface area (Å²) in [6.45, 7) is 25.8. The third-order valence-corrected chi connectivity index (χ3v) is 15.5. The fraction of sp³-hybridized carbons (Fsp3) is 0.464. The van der Waals surface area contributed by atoms with Gasteiger partial charge in [-0.15, -0.1) is 0 Å². The largest absolute Gasteiger partial charge is 0.0654 e. The highest BCUT2D eigenvalue weighted by Crippen LogP contribution is 2.88. The van der Waals surface area contributed by atoms with Crippen molar-refractivity contribution in [1.82, 2.24) is 0 Å². The molecule has 56 heavy (non-hydrogen) atoms. The molecule has 0 heteroatoms. The van der Waals surface area contributed by atoms with Gasteiger partial charge in [-0.2, -0.15) is 0 Å². The highest BCUT2D eigenvalue weighted by atomic mass is 14.9. The SMILES string of the molecule is CCCCC1(CC)C(c2ccccc2)C(C(C)C)(C(C)(C)C)C(c2ccccc2)(c2ccccc2)C(CCC)(C(C)CC)C1(c1ccccc1)c1ccccc1. The topological polar surface area (TPSA) is 0 Å². The van der Waals surface area contributed by atoms with Crippen LogP contribution >= 0.6 is 0 Å². The summed E-state index contributed by atoms with van der Waals surface area (Å²) in [7, 11) is 0. The van der Waals surface area contributed by atoms with Crippen molar-refractivity contribution >= 4 is 0 Å². The number of hydrogen-bond donors (Lipinski definition) is 0. The van der Waals surface area contributed by atoms with Crippen molar-refractivity contribution in [1.29, 1.82) is 0 Å². The second kappa shape index (κ2) is 16.5. The van der Waals surface area contributed by atoms with Crippen molar-refractivity contribution in [2.75, 3.05) is 0 Å². The van der Waals surface area contributed by atoms with Crippen LogP contribution in [-0.2, 0) is 10.8 Å². The van der Waals surface area contributed by atoms with Gasteiger partial charge in [0.2, 0.25) is 0 Å². The summed E-state index contributed by atoms with van der Waals surface area (Å²) in [4.78, 5) is 0. The quantitative estimate of drug-likeness (QED) is 0.106. The van der Waals surface area contributed by atoms with Gasteiger partial charge in [-0.25, -0.2) is 0 Å². The fourth-order valence-electron chi connectivity index (χ4n) is 14.6. The summed E-state index contributed by atoms with van der Waals surface area (Å²) >= 11 is 0. The molecule has 0 radical (unpaired) electrons. The average Bonchev–Trinajstić information content (AvgIpc) is 3.23. The molecule has 1 aliphatic carbocycles. The number of rotatable bonds is 14. The van der Waals surface area contributed by atoms with Gasteiger partial charge in [-0.05, 0) is 81.1 Å². The van der Waals surface area contributed by atoms with Crippen LogP contribution in [0, 0.1) is 33.5 Å². The van der Waals surface area contributed by atoms with E-state index in [2.05, 4.69) is 221 Å². The van der Waals surface area contributed by atoms with Crippen molar-refractivity contribution < 1.29 is 0 Å². The second-order valence-corrected chi connectivity index (χ2v) is 18.7. The molecular formula is C56H72. The molecular weight excluding hydrogens is 673 g/mol. The minimum atomic E-state index is -0.461. The first kappa shape index (κ1) is 41.7. The summed E-state index contributed by atoms with van der Waals surface area (Å²) in [5, 5.41) is 0. The predicted molar refractivity (Wildman–Crippen MR) is 242 cm³/mol. The van der Waals surface area contributed by atoms with Crippen LogP contribution in [0.2, 0.25) is 0 Å². The lowest BCUT2D eigenvalue weighted by Gasteiger charge is -2.84. The lowest BCUT2D eigenvalue weighted by atomic mass is 9.18. The van der Waals surface area contributed by atoms with Crippen LogP contribution in [-0.4, -0.2) is 0 Å². The molecule has 5 unspecified atom stereocenters. The van der Waals surface area contributed by atoms with Crippen LogP contribution in [0.1, 0.15) is 148 Å². The molecule has 1 saturated carbocycles. The van der Waals surface area contributed by atoms with Gasteiger partial charge in [-0.3, -0.25) is 0 Å². The van der Waals surface area contributed by atoms with Gasteiger partial charge < -0.3 is 0 Å².